The first-order valence-electron chi connectivity index (χ1n) is 15.3. The van der Waals surface area contributed by atoms with Crippen molar-refractivity contribution in [3.8, 4) is 0 Å². The average molecular weight is 620 g/mol. The van der Waals surface area contributed by atoms with Gasteiger partial charge in [-0.25, -0.2) is 0 Å². The number of para-hydroxylation sites is 2. The SMILES string of the molecule is C=CCN(C(=O)[C@@H]1[C@H]2C(=O)N([C@@H](CO)CC(C)C)C(C(=O)N(CC=C)c3ccccc3Cl)C23CC[C@@]1(C)O3)c1ccccc1. The third kappa shape index (κ3) is 5.17. The van der Waals surface area contributed by atoms with Crippen molar-refractivity contribution in [3.63, 3.8) is 0 Å². The molecule has 234 valence electrons. The molecule has 3 aliphatic heterocycles. The van der Waals surface area contributed by atoms with Gasteiger partial charge in [-0.15, -0.1) is 13.2 Å². The molecule has 0 aromatic heterocycles. The van der Waals surface area contributed by atoms with E-state index in [4.69, 9.17) is 16.3 Å². The number of amides is 3. The molecule has 1 spiro atoms. The van der Waals surface area contributed by atoms with Crippen molar-refractivity contribution < 1.29 is 24.2 Å². The predicted octanol–water partition coefficient (Wildman–Crippen LogP) is 5.25. The van der Waals surface area contributed by atoms with Gasteiger partial charge in [0.2, 0.25) is 11.8 Å². The van der Waals surface area contributed by atoms with Gasteiger partial charge in [0.25, 0.3) is 5.91 Å². The minimum Gasteiger partial charge on any atom is -0.394 e. The van der Waals surface area contributed by atoms with Gasteiger partial charge in [0.15, 0.2) is 0 Å². The number of benzene rings is 2. The van der Waals surface area contributed by atoms with Crippen LogP contribution in [0.5, 0.6) is 0 Å². The number of aliphatic hydroxyl groups excluding tert-OH is 1. The zero-order valence-corrected chi connectivity index (χ0v) is 26.5. The number of hydrogen-bond donors (Lipinski definition) is 1. The first-order chi connectivity index (χ1) is 21.0. The van der Waals surface area contributed by atoms with Crippen LogP contribution in [0.15, 0.2) is 79.9 Å². The van der Waals surface area contributed by atoms with Gasteiger partial charge in [-0.1, -0.05) is 67.9 Å². The molecule has 0 saturated carbocycles. The Morgan fingerprint density at radius 1 is 1.05 bits per heavy atom. The molecule has 6 atom stereocenters. The number of fused-ring (bicyclic) bond motifs is 1. The van der Waals surface area contributed by atoms with E-state index in [2.05, 4.69) is 13.2 Å². The molecule has 2 aromatic rings. The molecule has 44 heavy (non-hydrogen) atoms. The standard InChI is InChI=1S/C35H42ClN3O5/c1-6-19-37(24-13-9-8-10-14-24)31(41)28-29-32(42)39(25(22-40)21-23(3)4)30(35(29)18-17-34(28,5)44-35)33(43)38(20-7-2)27-16-12-11-15-26(27)36/h6-16,23,25,28-30,40H,1-2,17-22H2,3-5H3/t25-,28+,29+,30?,34-,35?/m1/s1. The lowest BCUT2D eigenvalue weighted by Gasteiger charge is -2.40. The number of hydrogen-bond acceptors (Lipinski definition) is 5. The van der Waals surface area contributed by atoms with Crippen LogP contribution in [-0.4, -0.2) is 70.7 Å². The van der Waals surface area contributed by atoms with E-state index in [0.29, 0.717) is 35.7 Å². The number of anilines is 2. The van der Waals surface area contributed by atoms with E-state index in [1.54, 1.807) is 41.3 Å². The fourth-order valence-electron chi connectivity index (χ4n) is 7.71. The van der Waals surface area contributed by atoms with E-state index in [0.717, 1.165) is 0 Å². The van der Waals surface area contributed by atoms with E-state index in [9.17, 15) is 19.5 Å². The minimum atomic E-state index is -1.26. The fraction of sp³-hybridized carbons (Fsp3) is 0.457. The van der Waals surface area contributed by atoms with Gasteiger partial charge >= 0.3 is 0 Å². The van der Waals surface area contributed by atoms with Crippen LogP contribution in [0, 0.1) is 17.8 Å². The summed E-state index contributed by atoms with van der Waals surface area (Å²) in [6.45, 7) is 13.7. The van der Waals surface area contributed by atoms with E-state index in [1.165, 1.54) is 9.80 Å². The summed E-state index contributed by atoms with van der Waals surface area (Å²) < 4.78 is 6.87. The number of carbonyl (C=O) groups is 3. The molecule has 2 bridgehead atoms. The summed E-state index contributed by atoms with van der Waals surface area (Å²) in [4.78, 5) is 48.9. The molecule has 3 amide bonds. The maximum atomic E-state index is 14.9. The van der Waals surface area contributed by atoms with Crippen LogP contribution in [0.25, 0.3) is 0 Å². The van der Waals surface area contributed by atoms with Gasteiger partial charge < -0.3 is 24.5 Å². The monoisotopic (exact) mass is 619 g/mol. The highest BCUT2D eigenvalue weighted by molar-refractivity contribution is 6.34. The van der Waals surface area contributed by atoms with Crippen LogP contribution in [0.1, 0.15) is 40.0 Å². The molecule has 3 aliphatic rings. The molecule has 8 nitrogen and oxygen atoms in total. The number of carbonyl (C=O) groups excluding carboxylic acids is 3. The molecule has 0 aliphatic carbocycles. The lowest BCUT2D eigenvalue weighted by atomic mass is 9.66. The van der Waals surface area contributed by atoms with E-state index in [1.807, 2.05) is 51.1 Å². The second-order valence-electron chi connectivity index (χ2n) is 12.7. The van der Waals surface area contributed by atoms with Gasteiger partial charge in [0.05, 0.1) is 40.8 Å². The number of ether oxygens (including phenoxy) is 1. The third-order valence-corrected chi connectivity index (χ3v) is 9.75. The Hall–Kier alpha value is -3.46. The van der Waals surface area contributed by atoms with E-state index in [-0.39, 0.29) is 43.3 Å². The first-order valence-corrected chi connectivity index (χ1v) is 15.7. The average Bonchev–Trinajstić information content (AvgIpc) is 3.58. The van der Waals surface area contributed by atoms with Crippen molar-refractivity contribution >= 4 is 40.7 Å². The topological polar surface area (TPSA) is 90.4 Å². The Bertz CT molecular complexity index is 1430. The van der Waals surface area contributed by atoms with Crippen LogP contribution < -0.4 is 9.80 Å². The van der Waals surface area contributed by atoms with Crippen molar-refractivity contribution in [1.82, 2.24) is 4.90 Å². The van der Waals surface area contributed by atoms with Crippen molar-refractivity contribution in [3.05, 3.63) is 84.9 Å². The van der Waals surface area contributed by atoms with Crippen LogP contribution >= 0.6 is 11.6 Å². The zero-order valence-electron chi connectivity index (χ0n) is 25.7. The van der Waals surface area contributed by atoms with Gasteiger partial charge in [-0.2, -0.15) is 0 Å². The summed E-state index contributed by atoms with van der Waals surface area (Å²) in [6, 6.07) is 14.6. The van der Waals surface area contributed by atoms with E-state index >= 15 is 0 Å². The number of nitrogens with zero attached hydrogens (tertiary/aromatic N) is 3. The molecule has 5 rings (SSSR count). The molecule has 3 heterocycles. The van der Waals surface area contributed by atoms with Crippen molar-refractivity contribution in [1.29, 1.82) is 0 Å². The highest BCUT2D eigenvalue weighted by atomic mass is 35.5. The van der Waals surface area contributed by atoms with Gasteiger partial charge in [0.1, 0.15) is 11.6 Å². The first kappa shape index (κ1) is 31.9. The molecule has 2 aromatic carbocycles. The van der Waals surface area contributed by atoms with E-state index < -0.39 is 35.1 Å². The maximum Gasteiger partial charge on any atom is 0.253 e. The zero-order chi connectivity index (χ0) is 31.8. The summed E-state index contributed by atoms with van der Waals surface area (Å²) in [5, 5.41) is 11.0. The second kappa shape index (κ2) is 12.5. The third-order valence-electron chi connectivity index (χ3n) is 9.43. The van der Waals surface area contributed by atoms with Gasteiger partial charge in [0, 0.05) is 18.8 Å². The number of aliphatic hydroxyl groups is 1. The Morgan fingerprint density at radius 2 is 1.68 bits per heavy atom. The largest absolute Gasteiger partial charge is 0.394 e. The van der Waals surface area contributed by atoms with Crippen LogP contribution in [-0.2, 0) is 19.1 Å². The summed E-state index contributed by atoms with van der Waals surface area (Å²) in [6.07, 6.45) is 4.68. The molecule has 2 unspecified atom stereocenters. The Morgan fingerprint density at radius 3 is 2.30 bits per heavy atom. The summed E-state index contributed by atoms with van der Waals surface area (Å²) in [5.74, 6) is -2.57. The fourth-order valence-corrected chi connectivity index (χ4v) is 7.95. The maximum absolute atomic E-state index is 14.9. The van der Waals surface area contributed by atoms with Crippen LogP contribution in [0.3, 0.4) is 0 Å². The normalized spacial score (nSPS) is 27.7. The summed E-state index contributed by atoms with van der Waals surface area (Å²) in [5.41, 5.74) is -1.04. The quantitative estimate of drug-likeness (QED) is 0.328. The number of likely N-dealkylation sites (tertiary alicyclic amines) is 1. The Kier molecular flexibility index (Phi) is 9.08. The van der Waals surface area contributed by atoms with Gasteiger partial charge in [-0.3, -0.25) is 14.4 Å². The lowest BCUT2D eigenvalue weighted by Crippen LogP contribution is -2.59. The number of rotatable bonds is 12. The Labute approximate surface area is 264 Å². The molecule has 1 N–H and O–H groups in total. The summed E-state index contributed by atoms with van der Waals surface area (Å²) in [7, 11) is 0. The summed E-state index contributed by atoms with van der Waals surface area (Å²) >= 11 is 6.59. The molecule has 3 fully saturated rings. The molecule has 0 radical (unpaired) electrons. The smallest absolute Gasteiger partial charge is 0.253 e. The van der Waals surface area contributed by atoms with Crippen molar-refractivity contribution in [2.75, 3.05) is 29.5 Å². The highest BCUT2D eigenvalue weighted by Gasteiger charge is 2.79. The van der Waals surface area contributed by atoms with Crippen LogP contribution in [0.2, 0.25) is 5.02 Å². The molecular formula is C35H42ClN3O5. The van der Waals surface area contributed by atoms with Crippen LogP contribution in [0.4, 0.5) is 11.4 Å². The number of halogens is 1. The Balaban J connectivity index is 1.65. The highest BCUT2D eigenvalue weighted by Crippen LogP contribution is 2.64. The van der Waals surface area contributed by atoms with Gasteiger partial charge in [-0.05, 0) is 56.4 Å². The molecule has 9 heteroatoms. The predicted molar refractivity (Wildman–Crippen MR) is 172 cm³/mol. The minimum absolute atomic E-state index is 0.134. The molecule has 3 saturated heterocycles. The second-order valence-corrected chi connectivity index (χ2v) is 13.1. The molecular weight excluding hydrogens is 578 g/mol. The van der Waals surface area contributed by atoms with Crippen molar-refractivity contribution in [2.24, 2.45) is 17.8 Å². The van der Waals surface area contributed by atoms with Crippen molar-refractivity contribution in [2.45, 2.75) is 63.3 Å². The lowest BCUT2D eigenvalue weighted by molar-refractivity contribution is -0.148.